The Hall–Kier alpha value is -3.42. The third-order valence-electron chi connectivity index (χ3n) is 6.08. The summed E-state index contributed by atoms with van der Waals surface area (Å²) >= 11 is 0. The van der Waals surface area contributed by atoms with E-state index in [2.05, 4.69) is 0 Å². The average Bonchev–Trinajstić information content (AvgIpc) is 2.82. The molecule has 2 aromatic carbocycles. The standard InChI is InChI=1S/C24H28O8/c1-27-15-9-7-13(11-17(15)29-3)19-20(14-8-10-16(28-2)18(12-14)30-4)22(24(26)32-6)21(19)23(25)31-5/h7-12,19-22H,1-6H3/t19-,20+,21+,22-. The molecular weight excluding hydrogens is 416 g/mol. The van der Waals surface area contributed by atoms with Crippen molar-refractivity contribution >= 4 is 11.9 Å². The van der Waals surface area contributed by atoms with E-state index in [4.69, 9.17) is 28.4 Å². The van der Waals surface area contributed by atoms with Gasteiger partial charge < -0.3 is 28.4 Å². The van der Waals surface area contributed by atoms with Gasteiger partial charge in [0, 0.05) is 11.8 Å². The van der Waals surface area contributed by atoms with Crippen molar-refractivity contribution in [1.29, 1.82) is 0 Å². The predicted molar refractivity (Wildman–Crippen MR) is 116 cm³/mol. The fraction of sp³-hybridized carbons (Fsp3) is 0.417. The number of hydrogen-bond donors (Lipinski definition) is 0. The maximum Gasteiger partial charge on any atom is 0.310 e. The van der Waals surface area contributed by atoms with E-state index in [9.17, 15) is 9.59 Å². The van der Waals surface area contributed by atoms with E-state index >= 15 is 0 Å². The maximum absolute atomic E-state index is 12.8. The van der Waals surface area contributed by atoms with Crippen molar-refractivity contribution in [3.8, 4) is 23.0 Å². The van der Waals surface area contributed by atoms with Gasteiger partial charge in [0.15, 0.2) is 23.0 Å². The third-order valence-corrected chi connectivity index (χ3v) is 6.08. The topological polar surface area (TPSA) is 89.5 Å². The minimum absolute atomic E-state index is 0.357. The van der Waals surface area contributed by atoms with Crippen LogP contribution in [-0.2, 0) is 19.1 Å². The number of hydrogen-bond acceptors (Lipinski definition) is 8. The van der Waals surface area contributed by atoms with E-state index in [0.717, 1.165) is 11.1 Å². The predicted octanol–water partition coefficient (Wildman–Crippen LogP) is 3.18. The first-order valence-corrected chi connectivity index (χ1v) is 10.0. The van der Waals surface area contributed by atoms with Crippen LogP contribution in [0.25, 0.3) is 0 Å². The monoisotopic (exact) mass is 444 g/mol. The molecule has 8 heteroatoms. The van der Waals surface area contributed by atoms with Crippen LogP contribution in [0.3, 0.4) is 0 Å². The van der Waals surface area contributed by atoms with Crippen LogP contribution in [0.4, 0.5) is 0 Å². The molecule has 32 heavy (non-hydrogen) atoms. The zero-order valence-corrected chi connectivity index (χ0v) is 19.0. The molecule has 2 aromatic rings. The van der Waals surface area contributed by atoms with Crippen molar-refractivity contribution in [2.24, 2.45) is 11.8 Å². The van der Waals surface area contributed by atoms with Gasteiger partial charge in [0.25, 0.3) is 0 Å². The van der Waals surface area contributed by atoms with Gasteiger partial charge in [-0.05, 0) is 35.4 Å². The average molecular weight is 444 g/mol. The Balaban J connectivity index is 2.16. The molecule has 0 heterocycles. The molecule has 0 aromatic heterocycles. The highest BCUT2D eigenvalue weighted by Crippen LogP contribution is 2.59. The summed E-state index contributed by atoms with van der Waals surface area (Å²) in [5.74, 6) is -0.910. The Labute approximate surface area is 187 Å². The lowest BCUT2D eigenvalue weighted by molar-refractivity contribution is -0.168. The van der Waals surface area contributed by atoms with Crippen LogP contribution < -0.4 is 18.9 Å². The highest BCUT2D eigenvalue weighted by atomic mass is 16.5. The van der Waals surface area contributed by atoms with Gasteiger partial charge in [0.05, 0.1) is 54.5 Å². The first-order valence-electron chi connectivity index (χ1n) is 10.0. The number of esters is 2. The van der Waals surface area contributed by atoms with Crippen molar-refractivity contribution in [3.05, 3.63) is 47.5 Å². The van der Waals surface area contributed by atoms with Crippen LogP contribution in [0.2, 0.25) is 0 Å². The molecule has 1 fully saturated rings. The summed E-state index contributed by atoms with van der Waals surface area (Å²) in [5, 5.41) is 0. The second kappa shape index (κ2) is 9.80. The normalized spacial score (nSPS) is 21.7. The first kappa shape index (κ1) is 23.2. The van der Waals surface area contributed by atoms with Gasteiger partial charge in [-0.1, -0.05) is 12.1 Å². The SMILES string of the molecule is COC(=O)[C@@H]1[C@H](C(=O)OC)[C@@H](c2ccc(OC)c(OC)c2)[C@H]1c1ccc(OC)c(OC)c1. The number of benzene rings is 2. The lowest BCUT2D eigenvalue weighted by Crippen LogP contribution is -2.52. The van der Waals surface area contributed by atoms with Gasteiger partial charge in [-0.25, -0.2) is 0 Å². The Kier molecular flexibility index (Phi) is 7.12. The second-order valence-electron chi connectivity index (χ2n) is 7.38. The highest BCUT2D eigenvalue weighted by molar-refractivity contribution is 5.87. The van der Waals surface area contributed by atoms with Gasteiger partial charge in [-0.2, -0.15) is 0 Å². The van der Waals surface area contributed by atoms with Crippen molar-refractivity contribution in [2.45, 2.75) is 11.8 Å². The summed E-state index contributed by atoms with van der Waals surface area (Å²) in [5.41, 5.74) is 1.64. The van der Waals surface area contributed by atoms with E-state index in [-0.39, 0.29) is 11.8 Å². The van der Waals surface area contributed by atoms with Crippen molar-refractivity contribution in [1.82, 2.24) is 0 Å². The van der Waals surface area contributed by atoms with Gasteiger partial charge in [0.1, 0.15) is 0 Å². The maximum atomic E-state index is 12.8. The molecule has 1 aliphatic carbocycles. The molecule has 0 amide bonds. The van der Waals surface area contributed by atoms with E-state index < -0.39 is 23.8 Å². The molecule has 8 nitrogen and oxygen atoms in total. The summed E-state index contributed by atoms with van der Waals surface area (Å²) in [6, 6.07) is 10.9. The molecule has 0 aliphatic heterocycles. The molecule has 1 aliphatic rings. The molecule has 3 rings (SSSR count). The molecule has 0 bridgehead atoms. The molecule has 0 saturated heterocycles. The lowest BCUT2D eigenvalue weighted by Gasteiger charge is -2.49. The quantitative estimate of drug-likeness (QED) is 0.574. The van der Waals surface area contributed by atoms with Gasteiger partial charge in [0.2, 0.25) is 0 Å². The van der Waals surface area contributed by atoms with E-state index in [1.54, 1.807) is 40.6 Å². The van der Waals surface area contributed by atoms with Gasteiger partial charge in [-0.3, -0.25) is 9.59 Å². The smallest absolute Gasteiger partial charge is 0.310 e. The van der Waals surface area contributed by atoms with Crippen LogP contribution in [0.5, 0.6) is 23.0 Å². The minimum atomic E-state index is -0.719. The molecule has 1 saturated carbocycles. The van der Waals surface area contributed by atoms with Gasteiger partial charge >= 0.3 is 11.9 Å². The Morgan fingerprint density at radius 1 is 0.562 bits per heavy atom. The second-order valence-corrected chi connectivity index (χ2v) is 7.38. The molecule has 0 radical (unpaired) electrons. The van der Waals surface area contributed by atoms with E-state index in [1.807, 2.05) is 24.3 Å². The molecule has 4 atom stereocenters. The van der Waals surface area contributed by atoms with Crippen LogP contribution in [-0.4, -0.2) is 54.6 Å². The van der Waals surface area contributed by atoms with Crippen LogP contribution in [0.15, 0.2) is 36.4 Å². The van der Waals surface area contributed by atoms with Crippen molar-refractivity contribution in [2.75, 3.05) is 42.7 Å². The minimum Gasteiger partial charge on any atom is -0.493 e. The number of carbonyl (C=O) groups excluding carboxylic acids is 2. The Bertz CT molecular complexity index is 906. The largest absolute Gasteiger partial charge is 0.493 e. The van der Waals surface area contributed by atoms with E-state index in [0.29, 0.717) is 23.0 Å². The molecule has 0 N–H and O–H groups in total. The lowest BCUT2D eigenvalue weighted by atomic mass is 9.52. The Morgan fingerprint density at radius 2 is 0.906 bits per heavy atom. The molecule has 0 spiro atoms. The zero-order valence-electron chi connectivity index (χ0n) is 19.0. The number of rotatable bonds is 8. The summed E-state index contributed by atoms with van der Waals surface area (Å²) in [4.78, 5) is 25.5. The Morgan fingerprint density at radius 3 is 1.19 bits per heavy atom. The first-order chi connectivity index (χ1) is 15.4. The fourth-order valence-corrected chi connectivity index (χ4v) is 4.56. The summed E-state index contributed by atoms with van der Waals surface area (Å²) < 4.78 is 31.7. The summed E-state index contributed by atoms with van der Waals surface area (Å²) in [6.07, 6.45) is 0. The zero-order chi connectivity index (χ0) is 23.4. The van der Waals surface area contributed by atoms with Crippen LogP contribution in [0.1, 0.15) is 23.0 Å². The van der Waals surface area contributed by atoms with Crippen molar-refractivity contribution < 1.29 is 38.0 Å². The molecule has 172 valence electrons. The summed E-state index contributed by atoms with van der Waals surface area (Å²) in [7, 11) is 8.82. The number of ether oxygens (including phenoxy) is 6. The van der Waals surface area contributed by atoms with Crippen LogP contribution >= 0.6 is 0 Å². The van der Waals surface area contributed by atoms with Gasteiger partial charge in [-0.15, -0.1) is 0 Å². The number of carbonyl (C=O) groups is 2. The van der Waals surface area contributed by atoms with Crippen LogP contribution in [0, 0.1) is 11.8 Å². The number of methoxy groups -OCH3 is 6. The molecule has 0 unspecified atom stereocenters. The molecular formula is C24H28O8. The summed E-state index contributed by atoms with van der Waals surface area (Å²) in [6.45, 7) is 0. The third kappa shape index (κ3) is 3.92. The highest BCUT2D eigenvalue weighted by Gasteiger charge is 2.59. The van der Waals surface area contributed by atoms with E-state index in [1.165, 1.54) is 14.2 Å². The fourth-order valence-electron chi connectivity index (χ4n) is 4.56. The van der Waals surface area contributed by atoms with Crippen molar-refractivity contribution in [3.63, 3.8) is 0 Å².